The van der Waals surface area contributed by atoms with E-state index in [1.54, 1.807) is 6.20 Å². The van der Waals surface area contributed by atoms with Crippen LogP contribution in [0.2, 0.25) is 0 Å². The number of aromatic nitrogens is 1. The van der Waals surface area contributed by atoms with Crippen molar-refractivity contribution in [2.45, 2.75) is 32.9 Å². The zero-order valence-corrected chi connectivity index (χ0v) is 12.5. The first-order chi connectivity index (χ1) is 9.56. The third-order valence-electron chi connectivity index (χ3n) is 3.45. The first-order valence-corrected chi connectivity index (χ1v) is 7.01. The summed E-state index contributed by atoms with van der Waals surface area (Å²) < 4.78 is 0. The number of hydrogen-bond acceptors (Lipinski definition) is 3. The highest BCUT2D eigenvalue weighted by molar-refractivity contribution is 5.50. The van der Waals surface area contributed by atoms with Crippen LogP contribution in [0, 0.1) is 6.92 Å². The molecule has 0 aliphatic carbocycles. The molecule has 0 aliphatic heterocycles. The maximum absolute atomic E-state index is 5.88. The fraction of sp³-hybridized carbons (Fsp3) is 0.353. The molecular formula is C17H23N3. The van der Waals surface area contributed by atoms with Gasteiger partial charge in [0, 0.05) is 37.7 Å². The molecule has 2 rings (SSSR count). The van der Waals surface area contributed by atoms with Crippen LogP contribution in [0.1, 0.15) is 23.6 Å². The van der Waals surface area contributed by atoms with Gasteiger partial charge in [-0.05, 0) is 55.2 Å². The Morgan fingerprint density at radius 2 is 2.10 bits per heavy atom. The predicted octanol–water partition coefficient (Wildman–Crippen LogP) is 2.92. The molecule has 3 heteroatoms. The first-order valence-electron chi connectivity index (χ1n) is 7.01. The molecule has 0 amide bonds. The highest BCUT2D eigenvalue weighted by Gasteiger charge is 2.06. The number of nitrogens with two attached hydrogens (primary N) is 1. The minimum Gasteiger partial charge on any atom is -0.370 e. The third-order valence-corrected chi connectivity index (χ3v) is 3.45. The highest BCUT2D eigenvalue weighted by Crippen LogP contribution is 2.20. The van der Waals surface area contributed by atoms with E-state index in [-0.39, 0.29) is 6.04 Å². The van der Waals surface area contributed by atoms with E-state index in [9.17, 15) is 0 Å². The van der Waals surface area contributed by atoms with Crippen LogP contribution in [-0.2, 0) is 13.0 Å². The van der Waals surface area contributed by atoms with E-state index in [0.717, 1.165) is 13.0 Å². The number of anilines is 1. The molecule has 1 heterocycles. The van der Waals surface area contributed by atoms with Crippen LogP contribution in [0.5, 0.6) is 0 Å². The van der Waals surface area contributed by atoms with Crippen LogP contribution < -0.4 is 10.6 Å². The SMILES string of the molecule is Cc1cc(N(C)Cc2cccnc2)ccc1CC(C)N. The Kier molecular flexibility index (Phi) is 4.74. The molecule has 1 aromatic carbocycles. The first kappa shape index (κ1) is 14.5. The van der Waals surface area contributed by atoms with Crippen LogP contribution >= 0.6 is 0 Å². The van der Waals surface area contributed by atoms with Gasteiger partial charge in [-0.15, -0.1) is 0 Å². The molecule has 1 aromatic heterocycles. The third kappa shape index (κ3) is 3.81. The van der Waals surface area contributed by atoms with Gasteiger partial charge in [-0.1, -0.05) is 12.1 Å². The van der Waals surface area contributed by atoms with Gasteiger partial charge >= 0.3 is 0 Å². The van der Waals surface area contributed by atoms with Crippen LogP contribution in [0.4, 0.5) is 5.69 Å². The average molecular weight is 269 g/mol. The Morgan fingerprint density at radius 1 is 1.30 bits per heavy atom. The number of aryl methyl sites for hydroxylation is 1. The largest absolute Gasteiger partial charge is 0.370 e. The number of hydrogen-bond donors (Lipinski definition) is 1. The Bertz CT molecular complexity index is 549. The lowest BCUT2D eigenvalue weighted by Crippen LogP contribution is -2.19. The molecule has 106 valence electrons. The standard InChI is InChI=1S/C17H23N3/c1-13-9-17(7-6-16(13)10-14(2)18)20(3)12-15-5-4-8-19-11-15/h4-9,11,14H,10,12,18H2,1-3H3. The summed E-state index contributed by atoms with van der Waals surface area (Å²) >= 11 is 0. The number of benzene rings is 1. The van der Waals surface area contributed by atoms with Crippen molar-refractivity contribution in [3.8, 4) is 0 Å². The zero-order valence-electron chi connectivity index (χ0n) is 12.5. The minimum absolute atomic E-state index is 0.202. The van der Waals surface area contributed by atoms with Gasteiger partial charge in [-0.2, -0.15) is 0 Å². The van der Waals surface area contributed by atoms with E-state index in [1.807, 2.05) is 19.2 Å². The lowest BCUT2D eigenvalue weighted by Gasteiger charge is -2.21. The molecule has 1 atom stereocenters. The molecule has 0 saturated heterocycles. The van der Waals surface area contributed by atoms with Crippen molar-refractivity contribution in [1.82, 2.24) is 4.98 Å². The topological polar surface area (TPSA) is 42.2 Å². The summed E-state index contributed by atoms with van der Waals surface area (Å²) in [5.74, 6) is 0. The molecule has 0 aliphatic rings. The van der Waals surface area contributed by atoms with Crippen molar-refractivity contribution in [2.24, 2.45) is 5.73 Å². The quantitative estimate of drug-likeness (QED) is 0.907. The summed E-state index contributed by atoms with van der Waals surface area (Å²) in [5.41, 5.74) is 10.9. The Balaban J connectivity index is 2.11. The minimum atomic E-state index is 0.202. The molecule has 0 bridgehead atoms. The molecule has 1 unspecified atom stereocenters. The van der Waals surface area contributed by atoms with Gasteiger partial charge in [0.1, 0.15) is 0 Å². The Hall–Kier alpha value is -1.87. The van der Waals surface area contributed by atoms with Crippen LogP contribution in [0.25, 0.3) is 0 Å². The van der Waals surface area contributed by atoms with Crippen LogP contribution in [0.3, 0.4) is 0 Å². The second-order valence-corrected chi connectivity index (χ2v) is 5.51. The summed E-state index contributed by atoms with van der Waals surface area (Å²) in [5, 5.41) is 0. The van der Waals surface area contributed by atoms with Gasteiger partial charge in [0.05, 0.1) is 0 Å². The molecule has 2 aromatic rings. The second kappa shape index (κ2) is 6.53. The molecular weight excluding hydrogens is 246 g/mol. The molecule has 3 nitrogen and oxygen atoms in total. The van der Waals surface area contributed by atoms with Crippen molar-refractivity contribution in [2.75, 3.05) is 11.9 Å². The average Bonchev–Trinajstić information content (AvgIpc) is 2.41. The second-order valence-electron chi connectivity index (χ2n) is 5.51. The fourth-order valence-corrected chi connectivity index (χ4v) is 2.35. The number of rotatable bonds is 5. The van der Waals surface area contributed by atoms with E-state index in [4.69, 9.17) is 5.73 Å². The van der Waals surface area contributed by atoms with Gasteiger partial charge in [-0.25, -0.2) is 0 Å². The van der Waals surface area contributed by atoms with Crippen molar-refractivity contribution in [1.29, 1.82) is 0 Å². The molecule has 0 fully saturated rings. The van der Waals surface area contributed by atoms with Gasteiger partial charge in [0.2, 0.25) is 0 Å². The van der Waals surface area contributed by atoms with Crippen molar-refractivity contribution in [3.05, 3.63) is 59.4 Å². The predicted molar refractivity (Wildman–Crippen MR) is 84.9 cm³/mol. The fourth-order valence-electron chi connectivity index (χ4n) is 2.35. The molecule has 0 saturated carbocycles. The van der Waals surface area contributed by atoms with Gasteiger partial charge in [-0.3, -0.25) is 4.98 Å². The van der Waals surface area contributed by atoms with Gasteiger partial charge in [0.25, 0.3) is 0 Å². The van der Waals surface area contributed by atoms with Crippen molar-refractivity contribution in [3.63, 3.8) is 0 Å². The summed E-state index contributed by atoms with van der Waals surface area (Å²) in [6.07, 6.45) is 4.64. The summed E-state index contributed by atoms with van der Waals surface area (Å²) in [4.78, 5) is 6.39. The van der Waals surface area contributed by atoms with E-state index in [2.05, 4.69) is 48.1 Å². The van der Waals surface area contributed by atoms with E-state index < -0.39 is 0 Å². The Morgan fingerprint density at radius 3 is 2.70 bits per heavy atom. The zero-order chi connectivity index (χ0) is 14.5. The Labute approximate surface area is 121 Å². The van der Waals surface area contributed by atoms with E-state index >= 15 is 0 Å². The maximum Gasteiger partial charge on any atom is 0.0441 e. The summed E-state index contributed by atoms with van der Waals surface area (Å²) in [6, 6.07) is 10.9. The number of nitrogens with zero attached hydrogens (tertiary/aromatic N) is 2. The molecule has 0 spiro atoms. The van der Waals surface area contributed by atoms with Gasteiger partial charge in [0.15, 0.2) is 0 Å². The van der Waals surface area contributed by atoms with Crippen molar-refractivity contribution >= 4 is 5.69 Å². The van der Waals surface area contributed by atoms with Crippen LogP contribution in [0.15, 0.2) is 42.7 Å². The highest BCUT2D eigenvalue weighted by atomic mass is 15.1. The lowest BCUT2D eigenvalue weighted by molar-refractivity contribution is 0.734. The smallest absolute Gasteiger partial charge is 0.0441 e. The van der Waals surface area contributed by atoms with E-state index in [1.165, 1.54) is 22.4 Å². The monoisotopic (exact) mass is 269 g/mol. The normalized spacial score (nSPS) is 12.2. The van der Waals surface area contributed by atoms with E-state index in [0.29, 0.717) is 0 Å². The molecule has 2 N–H and O–H groups in total. The number of pyridine rings is 1. The molecule has 20 heavy (non-hydrogen) atoms. The van der Waals surface area contributed by atoms with Gasteiger partial charge < -0.3 is 10.6 Å². The van der Waals surface area contributed by atoms with Crippen molar-refractivity contribution < 1.29 is 0 Å². The summed E-state index contributed by atoms with van der Waals surface area (Å²) in [7, 11) is 2.10. The summed E-state index contributed by atoms with van der Waals surface area (Å²) in [6.45, 7) is 5.06. The lowest BCUT2D eigenvalue weighted by atomic mass is 10.0. The molecule has 0 radical (unpaired) electrons. The maximum atomic E-state index is 5.88. The van der Waals surface area contributed by atoms with Crippen LogP contribution in [-0.4, -0.2) is 18.1 Å².